The molecule has 0 saturated heterocycles. The van der Waals surface area contributed by atoms with Crippen molar-refractivity contribution in [3.05, 3.63) is 72.2 Å². The fourth-order valence-corrected chi connectivity index (χ4v) is 5.64. The van der Waals surface area contributed by atoms with Crippen molar-refractivity contribution in [3.63, 3.8) is 0 Å². The number of carbonyl (C=O) groups is 2. The van der Waals surface area contributed by atoms with Crippen molar-refractivity contribution in [1.82, 2.24) is 10.3 Å². The standard InChI is InChI=1S/C28H32N6O4S2/c1-27(2,3)21-15-23(31-37-21)33(25(29)35)17-9-7-11-19(13-17)39-40-20-12-8-10-18(14-20)34(26(30)36)24-16-22(38-32-24)28(4,5)6/h7-16H,1-6H3,(H2,29,35)(H2,30,36). The summed E-state index contributed by atoms with van der Waals surface area (Å²) in [5, 5.41) is 8.14. The molecule has 0 aliphatic heterocycles. The largest absolute Gasteiger partial charge is 0.359 e. The number of hydrogen-bond acceptors (Lipinski definition) is 8. The number of amides is 4. The molecule has 2 aromatic heterocycles. The molecule has 0 atom stereocenters. The first-order valence-electron chi connectivity index (χ1n) is 12.4. The molecule has 10 nitrogen and oxygen atoms in total. The van der Waals surface area contributed by atoms with Gasteiger partial charge in [0.05, 0.1) is 11.4 Å². The highest BCUT2D eigenvalue weighted by Gasteiger charge is 2.26. The monoisotopic (exact) mass is 580 g/mol. The van der Waals surface area contributed by atoms with Crippen molar-refractivity contribution < 1.29 is 18.6 Å². The van der Waals surface area contributed by atoms with E-state index in [9.17, 15) is 9.59 Å². The Balaban J connectivity index is 1.54. The number of aromatic nitrogens is 2. The molecule has 0 unspecified atom stereocenters. The van der Waals surface area contributed by atoms with Crippen LogP contribution in [-0.4, -0.2) is 22.4 Å². The first kappa shape index (κ1) is 29.1. The van der Waals surface area contributed by atoms with Crippen LogP contribution in [0.1, 0.15) is 53.1 Å². The van der Waals surface area contributed by atoms with Gasteiger partial charge < -0.3 is 20.5 Å². The molecule has 0 saturated carbocycles. The van der Waals surface area contributed by atoms with Gasteiger partial charge in [-0.2, -0.15) is 0 Å². The third-order valence-electron chi connectivity index (χ3n) is 5.76. The normalized spacial score (nSPS) is 11.8. The summed E-state index contributed by atoms with van der Waals surface area (Å²) in [6.45, 7) is 12.0. The third kappa shape index (κ3) is 6.62. The lowest BCUT2D eigenvalue weighted by Gasteiger charge is -2.18. The molecule has 210 valence electrons. The molecule has 4 N–H and O–H groups in total. The van der Waals surface area contributed by atoms with Crippen LogP contribution in [0.4, 0.5) is 32.6 Å². The van der Waals surface area contributed by atoms with Gasteiger partial charge in [-0.05, 0) is 36.4 Å². The number of urea groups is 2. The molecule has 4 amide bonds. The van der Waals surface area contributed by atoms with Crippen molar-refractivity contribution in [3.8, 4) is 0 Å². The fraction of sp³-hybridized carbons (Fsp3) is 0.286. The molecule has 0 spiro atoms. The van der Waals surface area contributed by atoms with Crippen molar-refractivity contribution >= 4 is 56.7 Å². The van der Waals surface area contributed by atoms with E-state index in [1.54, 1.807) is 24.3 Å². The molecule has 0 bridgehead atoms. The van der Waals surface area contributed by atoms with Gasteiger partial charge in [0.25, 0.3) is 0 Å². The average molecular weight is 581 g/mol. The number of nitrogens with zero attached hydrogens (tertiary/aromatic N) is 4. The van der Waals surface area contributed by atoms with E-state index < -0.39 is 12.1 Å². The second kappa shape index (κ2) is 11.3. The minimum Gasteiger partial charge on any atom is -0.359 e. The van der Waals surface area contributed by atoms with E-state index in [1.807, 2.05) is 77.9 Å². The maximum Gasteiger partial charge on any atom is 0.325 e. The van der Waals surface area contributed by atoms with Gasteiger partial charge in [0.15, 0.2) is 11.6 Å². The molecular formula is C28H32N6O4S2. The van der Waals surface area contributed by atoms with Gasteiger partial charge >= 0.3 is 12.1 Å². The van der Waals surface area contributed by atoms with E-state index in [0.717, 1.165) is 9.79 Å². The summed E-state index contributed by atoms with van der Waals surface area (Å²) >= 11 is 0. The van der Waals surface area contributed by atoms with Crippen LogP contribution in [0, 0.1) is 0 Å². The topological polar surface area (TPSA) is 145 Å². The van der Waals surface area contributed by atoms with E-state index >= 15 is 0 Å². The fourth-order valence-electron chi connectivity index (χ4n) is 3.64. The Bertz CT molecular complexity index is 1410. The lowest BCUT2D eigenvalue weighted by Crippen LogP contribution is -2.31. The summed E-state index contributed by atoms with van der Waals surface area (Å²) in [5.74, 6) is 1.91. The van der Waals surface area contributed by atoms with Crippen LogP contribution in [-0.2, 0) is 10.8 Å². The molecular weight excluding hydrogens is 548 g/mol. The Hall–Kier alpha value is -3.90. The maximum atomic E-state index is 12.4. The van der Waals surface area contributed by atoms with Gasteiger partial charge in [0.1, 0.15) is 11.5 Å². The highest BCUT2D eigenvalue weighted by atomic mass is 33.1. The lowest BCUT2D eigenvalue weighted by atomic mass is 9.93. The van der Waals surface area contributed by atoms with Crippen molar-refractivity contribution in [1.29, 1.82) is 0 Å². The predicted molar refractivity (Wildman–Crippen MR) is 158 cm³/mol. The second-order valence-electron chi connectivity index (χ2n) is 11.1. The Morgan fingerprint density at radius 2 is 1.05 bits per heavy atom. The summed E-state index contributed by atoms with van der Waals surface area (Å²) in [6, 6.07) is 16.8. The number of hydrogen-bond donors (Lipinski definition) is 2. The van der Waals surface area contributed by atoms with Crippen molar-refractivity contribution in [2.75, 3.05) is 9.80 Å². The number of nitrogens with two attached hydrogens (primary N) is 2. The van der Waals surface area contributed by atoms with Gasteiger partial charge in [0.2, 0.25) is 0 Å². The Morgan fingerprint density at radius 3 is 1.35 bits per heavy atom. The summed E-state index contributed by atoms with van der Waals surface area (Å²) in [5.41, 5.74) is 12.0. The number of carbonyl (C=O) groups excluding carboxylic acids is 2. The second-order valence-corrected chi connectivity index (χ2v) is 13.4. The maximum absolute atomic E-state index is 12.4. The lowest BCUT2D eigenvalue weighted by molar-refractivity contribution is 0.254. The van der Waals surface area contributed by atoms with Crippen molar-refractivity contribution in [2.45, 2.75) is 62.2 Å². The van der Waals surface area contributed by atoms with Gasteiger partial charge in [-0.15, -0.1) is 0 Å². The number of benzene rings is 2. The van der Waals surface area contributed by atoms with Gasteiger partial charge in [0, 0.05) is 32.8 Å². The first-order chi connectivity index (χ1) is 18.7. The summed E-state index contributed by atoms with van der Waals surface area (Å²) in [4.78, 5) is 29.1. The van der Waals surface area contributed by atoms with Gasteiger partial charge in [-0.1, -0.05) is 85.6 Å². The van der Waals surface area contributed by atoms with E-state index in [4.69, 9.17) is 20.5 Å². The molecule has 12 heteroatoms. The summed E-state index contributed by atoms with van der Waals surface area (Å²) in [6.07, 6.45) is 0. The van der Waals surface area contributed by atoms with Crippen LogP contribution in [0.3, 0.4) is 0 Å². The zero-order valence-corrected chi connectivity index (χ0v) is 24.8. The first-order valence-corrected chi connectivity index (χ1v) is 14.6. The zero-order valence-electron chi connectivity index (χ0n) is 23.2. The summed E-state index contributed by atoms with van der Waals surface area (Å²) in [7, 11) is 2.96. The quantitative estimate of drug-likeness (QED) is 0.214. The Morgan fingerprint density at radius 1 is 0.675 bits per heavy atom. The number of rotatable bonds is 7. The number of anilines is 4. The molecule has 4 aromatic rings. The molecule has 0 aliphatic carbocycles. The third-order valence-corrected chi connectivity index (χ3v) is 8.14. The van der Waals surface area contributed by atoms with E-state index in [2.05, 4.69) is 10.3 Å². The van der Waals surface area contributed by atoms with Crippen LogP contribution in [0.25, 0.3) is 0 Å². The molecule has 0 fully saturated rings. The summed E-state index contributed by atoms with van der Waals surface area (Å²) < 4.78 is 10.9. The van der Waals surface area contributed by atoms with E-state index in [-0.39, 0.29) is 10.8 Å². The van der Waals surface area contributed by atoms with Crippen LogP contribution in [0.15, 0.2) is 79.5 Å². The molecule has 4 rings (SSSR count). The molecule has 0 radical (unpaired) electrons. The van der Waals surface area contributed by atoms with Crippen molar-refractivity contribution in [2.24, 2.45) is 11.5 Å². The smallest absolute Gasteiger partial charge is 0.325 e. The Labute approximate surface area is 240 Å². The molecule has 2 heterocycles. The number of primary amides is 2. The van der Waals surface area contributed by atoms with E-state index in [1.165, 1.54) is 31.4 Å². The van der Waals surface area contributed by atoms with Crippen LogP contribution in [0.5, 0.6) is 0 Å². The average Bonchev–Trinajstić information content (AvgIpc) is 3.54. The Kier molecular flexibility index (Phi) is 8.22. The van der Waals surface area contributed by atoms with Gasteiger partial charge in [-0.25, -0.2) is 19.4 Å². The van der Waals surface area contributed by atoms with Gasteiger partial charge in [-0.3, -0.25) is 0 Å². The van der Waals surface area contributed by atoms with Crippen LogP contribution in [0.2, 0.25) is 0 Å². The van der Waals surface area contributed by atoms with Crippen LogP contribution >= 0.6 is 21.6 Å². The highest BCUT2D eigenvalue weighted by Crippen LogP contribution is 2.41. The van der Waals surface area contributed by atoms with E-state index in [0.29, 0.717) is 34.5 Å². The molecule has 0 aliphatic rings. The minimum absolute atomic E-state index is 0.274. The zero-order chi connectivity index (χ0) is 29.2. The molecule has 40 heavy (non-hydrogen) atoms. The predicted octanol–water partition coefficient (Wildman–Crippen LogP) is 7.49. The molecule has 2 aromatic carbocycles. The SMILES string of the molecule is CC(C)(C)c1cc(N(C(N)=O)c2cccc(SSc3cccc(N(C(N)=O)c4cc(C(C)(C)C)on4)c3)c2)no1. The highest BCUT2D eigenvalue weighted by molar-refractivity contribution is 8.76. The minimum atomic E-state index is -0.676. The van der Waals surface area contributed by atoms with Crippen LogP contribution < -0.4 is 21.3 Å².